The zero-order valence-electron chi connectivity index (χ0n) is 17.1. The summed E-state index contributed by atoms with van der Waals surface area (Å²) in [4.78, 5) is 24.4. The monoisotopic (exact) mass is 429 g/mol. The molecular weight excluding hydrogens is 407 g/mol. The van der Waals surface area contributed by atoms with E-state index in [1.807, 2.05) is 11.0 Å². The minimum Gasteiger partial charge on any atom is -0.378 e. The molecule has 1 aromatic carbocycles. The number of amides is 1. The molecule has 0 radical (unpaired) electrons. The Kier molecular flexibility index (Phi) is 5.67. The molecule has 9 heteroatoms. The van der Waals surface area contributed by atoms with Crippen LogP contribution in [-0.2, 0) is 4.79 Å². The fourth-order valence-electron chi connectivity index (χ4n) is 3.67. The molecule has 31 heavy (non-hydrogen) atoms. The van der Waals surface area contributed by atoms with E-state index in [9.17, 15) is 18.0 Å². The van der Waals surface area contributed by atoms with E-state index in [0.29, 0.717) is 30.1 Å². The first-order valence-corrected chi connectivity index (χ1v) is 9.92. The van der Waals surface area contributed by atoms with Gasteiger partial charge in [-0.25, -0.2) is 18.2 Å². The molecule has 0 saturated carbocycles. The van der Waals surface area contributed by atoms with Crippen molar-refractivity contribution in [2.75, 3.05) is 36.9 Å². The molecule has 1 amide bonds. The number of rotatable bonds is 5. The van der Waals surface area contributed by atoms with Crippen LogP contribution >= 0.6 is 0 Å². The maximum absolute atomic E-state index is 14.6. The molecular formula is C22H22F3N5O. The molecule has 0 spiro atoms. The molecule has 0 aliphatic carbocycles. The summed E-state index contributed by atoms with van der Waals surface area (Å²) in [7, 11) is 1.77. The summed E-state index contributed by atoms with van der Waals surface area (Å²) in [6.45, 7) is 3.21. The Labute approximate surface area is 177 Å². The smallest absolute Gasteiger partial charge is 0.266 e. The lowest BCUT2D eigenvalue weighted by Crippen LogP contribution is -2.48. The number of halogens is 3. The van der Waals surface area contributed by atoms with Crippen molar-refractivity contribution in [1.29, 1.82) is 0 Å². The number of fused-ring (bicyclic) bond motifs is 1. The number of hydrogen-bond donors (Lipinski definition) is 1. The summed E-state index contributed by atoms with van der Waals surface area (Å²) in [6.07, 6.45) is 0.347. The van der Waals surface area contributed by atoms with Gasteiger partial charge in [0.1, 0.15) is 11.6 Å². The minimum absolute atomic E-state index is 0.0145. The number of benzene rings is 1. The molecule has 0 bridgehead atoms. The predicted molar refractivity (Wildman–Crippen MR) is 113 cm³/mol. The maximum atomic E-state index is 14.6. The van der Waals surface area contributed by atoms with Crippen LogP contribution in [0.2, 0.25) is 0 Å². The summed E-state index contributed by atoms with van der Waals surface area (Å²) in [6, 6.07) is 7.02. The van der Waals surface area contributed by atoms with Gasteiger partial charge in [-0.3, -0.25) is 9.78 Å². The average molecular weight is 429 g/mol. The van der Waals surface area contributed by atoms with Crippen molar-refractivity contribution in [3.63, 3.8) is 0 Å². The van der Waals surface area contributed by atoms with Gasteiger partial charge < -0.3 is 15.1 Å². The van der Waals surface area contributed by atoms with Crippen molar-refractivity contribution in [3.8, 4) is 0 Å². The number of aromatic nitrogens is 2. The summed E-state index contributed by atoms with van der Waals surface area (Å²) >= 11 is 0. The number of carbonyl (C=O) groups excluding carboxylic acids is 1. The lowest BCUT2D eigenvalue weighted by molar-refractivity contribution is -0.129. The van der Waals surface area contributed by atoms with Gasteiger partial charge in [-0.15, -0.1) is 0 Å². The van der Waals surface area contributed by atoms with Crippen LogP contribution in [0.4, 0.5) is 24.7 Å². The van der Waals surface area contributed by atoms with E-state index < -0.39 is 23.8 Å². The van der Waals surface area contributed by atoms with E-state index in [4.69, 9.17) is 0 Å². The van der Waals surface area contributed by atoms with Crippen LogP contribution in [0, 0.1) is 5.82 Å². The SMILES string of the molecule is C[C@@H](Nc1ccnc2cnc(N3CCN(C)C(=O)C3)cc12)c1cccc(C(F)F)c1F. The maximum Gasteiger partial charge on any atom is 0.266 e. The van der Waals surface area contributed by atoms with Gasteiger partial charge in [-0.2, -0.15) is 0 Å². The second-order valence-electron chi connectivity index (χ2n) is 7.57. The zero-order chi connectivity index (χ0) is 22.1. The Morgan fingerprint density at radius 3 is 2.65 bits per heavy atom. The topological polar surface area (TPSA) is 61.4 Å². The lowest BCUT2D eigenvalue weighted by atomic mass is 10.0. The molecule has 3 heterocycles. The minimum atomic E-state index is -2.88. The van der Waals surface area contributed by atoms with Crippen LogP contribution in [0.5, 0.6) is 0 Å². The Morgan fingerprint density at radius 2 is 1.90 bits per heavy atom. The van der Waals surface area contributed by atoms with E-state index in [2.05, 4.69) is 15.3 Å². The fourth-order valence-corrected chi connectivity index (χ4v) is 3.67. The van der Waals surface area contributed by atoms with Gasteiger partial charge in [0.2, 0.25) is 5.91 Å². The van der Waals surface area contributed by atoms with Crippen molar-refractivity contribution >= 4 is 28.3 Å². The number of likely N-dealkylation sites (N-methyl/N-ethyl adjacent to an activating group) is 1. The Morgan fingerprint density at radius 1 is 1.13 bits per heavy atom. The highest BCUT2D eigenvalue weighted by atomic mass is 19.3. The van der Waals surface area contributed by atoms with Crippen molar-refractivity contribution in [2.24, 2.45) is 0 Å². The van der Waals surface area contributed by atoms with Crippen molar-refractivity contribution in [1.82, 2.24) is 14.9 Å². The lowest BCUT2D eigenvalue weighted by Gasteiger charge is -2.32. The highest BCUT2D eigenvalue weighted by Gasteiger charge is 2.23. The van der Waals surface area contributed by atoms with Crippen molar-refractivity contribution in [2.45, 2.75) is 19.4 Å². The third-order valence-corrected chi connectivity index (χ3v) is 5.53. The number of anilines is 2. The molecule has 1 aliphatic rings. The summed E-state index contributed by atoms with van der Waals surface area (Å²) in [5.74, 6) is -0.251. The number of alkyl halides is 2. The van der Waals surface area contributed by atoms with Gasteiger partial charge in [0, 0.05) is 43.0 Å². The molecule has 0 unspecified atom stereocenters. The van der Waals surface area contributed by atoms with Crippen LogP contribution in [0.25, 0.3) is 10.9 Å². The number of carbonyl (C=O) groups is 1. The zero-order valence-corrected chi connectivity index (χ0v) is 17.1. The van der Waals surface area contributed by atoms with E-state index in [1.54, 1.807) is 37.3 Å². The molecule has 3 aromatic rings. The number of nitrogens with one attached hydrogen (secondary N) is 1. The van der Waals surface area contributed by atoms with E-state index in [0.717, 1.165) is 11.5 Å². The molecule has 4 rings (SSSR count). The first-order chi connectivity index (χ1) is 14.8. The fraction of sp³-hybridized carbons (Fsp3) is 0.318. The van der Waals surface area contributed by atoms with Crippen molar-refractivity contribution in [3.05, 3.63) is 59.7 Å². The standard InChI is InChI=1S/C22H22F3N5O/c1-13(14-4-3-5-15(21(14)23)22(24)25)28-17-6-7-26-18-11-27-19(10-16(17)18)30-9-8-29(2)20(31)12-30/h3-7,10-11,13,22H,8-9,12H2,1-2H3,(H,26,28)/t13-/m1/s1. The summed E-state index contributed by atoms with van der Waals surface area (Å²) in [5, 5.41) is 3.95. The van der Waals surface area contributed by atoms with Crippen LogP contribution in [0.3, 0.4) is 0 Å². The Balaban J connectivity index is 1.65. The molecule has 1 fully saturated rings. The van der Waals surface area contributed by atoms with Crippen molar-refractivity contribution < 1.29 is 18.0 Å². The van der Waals surface area contributed by atoms with Crippen LogP contribution in [-0.4, -0.2) is 47.5 Å². The van der Waals surface area contributed by atoms with E-state index in [1.165, 1.54) is 12.1 Å². The second-order valence-corrected chi connectivity index (χ2v) is 7.57. The Bertz CT molecular complexity index is 1120. The van der Waals surface area contributed by atoms with Gasteiger partial charge in [0.15, 0.2) is 0 Å². The summed E-state index contributed by atoms with van der Waals surface area (Å²) in [5.41, 5.74) is 0.838. The highest BCUT2D eigenvalue weighted by molar-refractivity contribution is 5.93. The largest absolute Gasteiger partial charge is 0.378 e. The van der Waals surface area contributed by atoms with Crippen LogP contribution in [0.1, 0.15) is 30.5 Å². The number of hydrogen-bond acceptors (Lipinski definition) is 5. The first-order valence-electron chi connectivity index (χ1n) is 9.92. The predicted octanol–water partition coefficient (Wildman–Crippen LogP) is 4.16. The average Bonchev–Trinajstić information content (AvgIpc) is 2.75. The number of pyridine rings is 2. The van der Waals surface area contributed by atoms with Gasteiger partial charge in [0.25, 0.3) is 6.43 Å². The van der Waals surface area contributed by atoms with E-state index in [-0.39, 0.29) is 18.0 Å². The number of piperazine rings is 1. The second kappa shape index (κ2) is 8.41. The molecule has 1 N–H and O–H groups in total. The molecule has 1 aliphatic heterocycles. The quantitative estimate of drug-likeness (QED) is 0.660. The van der Waals surface area contributed by atoms with Gasteiger partial charge in [0.05, 0.1) is 29.9 Å². The third-order valence-electron chi connectivity index (χ3n) is 5.53. The van der Waals surface area contributed by atoms with Gasteiger partial charge >= 0.3 is 0 Å². The first kappa shape index (κ1) is 20.9. The van der Waals surface area contributed by atoms with Crippen LogP contribution < -0.4 is 10.2 Å². The summed E-state index contributed by atoms with van der Waals surface area (Å²) < 4.78 is 40.7. The molecule has 1 saturated heterocycles. The molecule has 162 valence electrons. The Hall–Kier alpha value is -3.36. The highest BCUT2D eigenvalue weighted by Crippen LogP contribution is 2.31. The number of nitrogens with zero attached hydrogens (tertiary/aromatic N) is 4. The van der Waals surface area contributed by atoms with Crippen LogP contribution in [0.15, 0.2) is 42.7 Å². The van der Waals surface area contributed by atoms with Gasteiger partial charge in [-0.1, -0.05) is 18.2 Å². The van der Waals surface area contributed by atoms with E-state index >= 15 is 0 Å². The third kappa shape index (κ3) is 4.12. The molecule has 1 atom stereocenters. The molecule has 2 aromatic heterocycles. The normalized spacial score (nSPS) is 15.6. The van der Waals surface area contributed by atoms with Gasteiger partial charge in [-0.05, 0) is 19.1 Å². The molecule has 6 nitrogen and oxygen atoms in total.